The number of alkyl halides is 3. The van der Waals surface area contributed by atoms with Gasteiger partial charge in [0.2, 0.25) is 6.10 Å². The van der Waals surface area contributed by atoms with Gasteiger partial charge < -0.3 is 19.4 Å². The van der Waals surface area contributed by atoms with Gasteiger partial charge in [-0.05, 0) is 36.8 Å². The van der Waals surface area contributed by atoms with E-state index in [4.69, 9.17) is 21.1 Å². The van der Waals surface area contributed by atoms with E-state index in [2.05, 4.69) is 0 Å². The third-order valence-electron chi connectivity index (χ3n) is 3.70. The summed E-state index contributed by atoms with van der Waals surface area (Å²) < 4.78 is 50.7. The summed E-state index contributed by atoms with van der Waals surface area (Å²) in [6.07, 6.45) is -7.89. The molecular formula is C19H17ClF3O4-. The van der Waals surface area contributed by atoms with E-state index in [1.54, 1.807) is 6.92 Å². The Morgan fingerprint density at radius 1 is 1.07 bits per heavy atom. The van der Waals surface area contributed by atoms with Gasteiger partial charge in [0.05, 0.1) is 6.10 Å². The van der Waals surface area contributed by atoms with E-state index < -0.39 is 24.4 Å². The Morgan fingerprint density at radius 3 is 2.11 bits per heavy atom. The van der Waals surface area contributed by atoms with Gasteiger partial charge in [0, 0.05) is 29.6 Å². The monoisotopic (exact) mass is 401 g/mol. The first-order valence-electron chi connectivity index (χ1n) is 8.11. The Balaban J connectivity index is 2.21. The fourth-order valence-corrected chi connectivity index (χ4v) is 2.61. The highest BCUT2D eigenvalue weighted by Crippen LogP contribution is 2.37. The molecule has 2 atom stereocenters. The van der Waals surface area contributed by atoms with Crippen LogP contribution < -0.4 is 9.84 Å². The van der Waals surface area contributed by atoms with Crippen molar-refractivity contribution in [1.29, 1.82) is 0 Å². The van der Waals surface area contributed by atoms with Crippen LogP contribution in [0.1, 0.15) is 36.7 Å². The number of hydrogen-bond acceptors (Lipinski definition) is 4. The van der Waals surface area contributed by atoms with E-state index in [1.807, 2.05) is 0 Å². The van der Waals surface area contributed by atoms with Crippen LogP contribution >= 0.6 is 11.6 Å². The highest BCUT2D eigenvalue weighted by molar-refractivity contribution is 6.30. The van der Waals surface area contributed by atoms with Gasteiger partial charge in [-0.25, -0.2) is 0 Å². The topological polar surface area (TPSA) is 58.6 Å². The summed E-state index contributed by atoms with van der Waals surface area (Å²) in [6, 6.07) is 10.8. The average Bonchev–Trinajstić information content (AvgIpc) is 2.59. The Bertz CT molecular complexity index is 745. The Kier molecular flexibility index (Phi) is 7.10. The van der Waals surface area contributed by atoms with E-state index >= 15 is 0 Å². The first-order valence-corrected chi connectivity index (χ1v) is 8.48. The lowest BCUT2D eigenvalue weighted by Crippen LogP contribution is -2.26. The molecule has 0 fully saturated rings. The van der Waals surface area contributed by atoms with E-state index in [0.29, 0.717) is 10.6 Å². The minimum absolute atomic E-state index is 0.0141. The molecule has 2 unspecified atom stereocenters. The summed E-state index contributed by atoms with van der Waals surface area (Å²) >= 11 is 5.72. The van der Waals surface area contributed by atoms with Gasteiger partial charge in [-0.3, -0.25) is 0 Å². The summed E-state index contributed by atoms with van der Waals surface area (Å²) in [5.74, 6) is -1.30. The zero-order valence-electron chi connectivity index (χ0n) is 14.3. The zero-order chi connectivity index (χ0) is 20.0. The third-order valence-corrected chi connectivity index (χ3v) is 3.95. The normalized spacial score (nSPS) is 13.8. The number of hydrogen-bond donors (Lipinski definition) is 0. The van der Waals surface area contributed by atoms with Gasteiger partial charge in [0.25, 0.3) is 0 Å². The maximum Gasteiger partial charge on any atom is 0.429 e. The van der Waals surface area contributed by atoms with Crippen LogP contribution in [0.2, 0.25) is 5.02 Å². The van der Waals surface area contributed by atoms with Gasteiger partial charge >= 0.3 is 6.18 Å². The van der Waals surface area contributed by atoms with E-state index in [1.165, 1.54) is 48.5 Å². The second-order valence-corrected chi connectivity index (χ2v) is 6.12. The lowest BCUT2D eigenvalue weighted by molar-refractivity contribution is -0.307. The molecule has 2 aromatic carbocycles. The predicted octanol–water partition coefficient (Wildman–Crippen LogP) is 4.24. The molecule has 0 saturated carbocycles. The number of rotatable bonds is 8. The molecule has 2 rings (SSSR count). The molecule has 0 heterocycles. The highest BCUT2D eigenvalue weighted by Gasteiger charge is 2.43. The van der Waals surface area contributed by atoms with E-state index in [9.17, 15) is 23.1 Å². The van der Waals surface area contributed by atoms with Crippen molar-refractivity contribution in [3.63, 3.8) is 0 Å². The number of carboxylic acids is 1. The van der Waals surface area contributed by atoms with Crippen LogP contribution in [0.3, 0.4) is 0 Å². The molecule has 2 aromatic rings. The summed E-state index contributed by atoms with van der Waals surface area (Å²) in [6.45, 7) is 1.99. The quantitative estimate of drug-likeness (QED) is 0.664. The molecule has 0 aliphatic rings. The lowest BCUT2D eigenvalue weighted by Gasteiger charge is -2.23. The number of halogens is 4. The zero-order valence-corrected chi connectivity index (χ0v) is 15.1. The van der Waals surface area contributed by atoms with Gasteiger partial charge in [-0.1, -0.05) is 35.9 Å². The van der Waals surface area contributed by atoms with E-state index in [-0.39, 0.29) is 24.3 Å². The van der Waals surface area contributed by atoms with Crippen LogP contribution in [0.15, 0.2) is 48.5 Å². The standard InChI is InChI=1S/C19H18ClF3O4/c1-2-26-16(11-17(24)25)12-5-9-15(10-6-12)27-18(19(21,22)23)13-3-7-14(20)8-4-13/h3-10,16,18H,2,11H2,1H3,(H,24,25)/p-1. The molecule has 0 aliphatic heterocycles. The molecule has 0 radical (unpaired) electrons. The van der Waals surface area contributed by atoms with E-state index in [0.717, 1.165) is 0 Å². The van der Waals surface area contributed by atoms with Crippen molar-refractivity contribution >= 4 is 17.6 Å². The van der Waals surface area contributed by atoms with Crippen molar-refractivity contribution in [1.82, 2.24) is 0 Å². The van der Waals surface area contributed by atoms with Crippen LogP contribution in [0.4, 0.5) is 13.2 Å². The predicted molar refractivity (Wildman–Crippen MR) is 91.3 cm³/mol. The SMILES string of the molecule is CCOC(CC(=O)[O-])c1ccc(OC(c2ccc(Cl)cc2)C(F)(F)F)cc1. The second kappa shape index (κ2) is 9.10. The summed E-state index contributed by atoms with van der Waals surface area (Å²) in [4.78, 5) is 10.8. The van der Waals surface area contributed by atoms with Crippen LogP contribution in [-0.4, -0.2) is 18.8 Å². The molecule has 0 spiro atoms. The minimum Gasteiger partial charge on any atom is -0.550 e. The summed E-state index contributed by atoms with van der Waals surface area (Å²) in [7, 11) is 0. The number of benzene rings is 2. The second-order valence-electron chi connectivity index (χ2n) is 5.68. The summed E-state index contributed by atoms with van der Waals surface area (Å²) in [5.41, 5.74) is 0.420. The van der Waals surface area contributed by atoms with Crippen molar-refractivity contribution in [2.45, 2.75) is 31.7 Å². The molecule has 0 bridgehead atoms. The first-order chi connectivity index (χ1) is 12.7. The fraction of sp³-hybridized carbons (Fsp3) is 0.316. The Morgan fingerprint density at radius 2 is 1.63 bits per heavy atom. The molecule has 146 valence electrons. The number of ether oxygens (including phenoxy) is 2. The van der Waals surface area contributed by atoms with Crippen molar-refractivity contribution in [2.75, 3.05) is 6.61 Å². The molecule has 8 heteroatoms. The largest absolute Gasteiger partial charge is 0.550 e. The van der Waals surface area contributed by atoms with Crippen LogP contribution in [0.5, 0.6) is 5.75 Å². The van der Waals surface area contributed by atoms with Crippen LogP contribution in [0.25, 0.3) is 0 Å². The molecule has 27 heavy (non-hydrogen) atoms. The Labute approximate surface area is 159 Å². The molecule has 0 amide bonds. The van der Waals surface area contributed by atoms with Gasteiger partial charge in [0.1, 0.15) is 5.75 Å². The molecule has 0 aliphatic carbocycles. The van der Waals surface area contributed by atoms with Crippen LogP contribution in [0, 0.1) is 0 Å². The first kappa shape index (κ1) is 21.1. The number of carbonyl (C=O) groups excluding carboxylic acids is 1. The number of aliphatic carboxylic acids is 1. The smallest absolute Gasteiger partial charge is 0.429 e. The molecule has 0 saturated heterocycles. The molecule has 0 aromatic heterocycles. The minimum atomic E-state index is -4.63. The molecule has 0 N–H and O–H groups in total. The third kappa shape index (κ3) is 6.15. The van der Waals surface area contributed by atoms with Crippen molar-refractivity contribution in [3.05, 3.63) is 64.7 Å². The number of carboxylic acid groups (broad SMARTS) is 1. The van der Waals surface area contributed by atoms with Gasteiger partial charge in [-0.15, -0.1) is 0 Å². The average molecular weight is 402 g/mol. The summed E-state index contributed by atoms with van der Waals surface area (Å²) in [5, 5.41) is 11.1. The lowest BCUT2D eigenvalue weighted by atomic mass is 10.1. The van der Waals surface area contributed by atoms with Gasteiger partial charge in [0.15, 0.2) is 0 Å². The fourth-order valence-electron chi connectivity index (χ4n) is 2.48. The Hall–Kier alpha value is -2.25. The number of carbonyl (C=O) groups is 1. The molecule has 4 nitrogen and oxygen atoms in total. The van der Waals surface area contributed by atoms with Crippen molar-refractivity contribution in [3.8, 4) is 5.75 Å². The van der Waals surface area contributed by atoms with Crippen LogP contribution in [-0.2, 0) is 9.53 Å². The van der Waals surface area contributed by atoms with Gasteiger partial charge in [-0.2, -0.15) is 13.2 Å². The van der Waals surface area contributed by atoms with Crippen molar-refractivity contribution in [2.24, 2.45) is 0 Å². The maximum absolute atomic E-state index is 13.4. The highest BCUT2D eigenvalue weighted by atomic mass is 35.5. The molecular weight excluding hydrogens is 385 g/mol. The maximum atomic E-state index is 13.4. The van der Waals surface area contributed by atoms with Crippen molar-refractivity contribution < 1.29 is 32.5 Å².